The Hall–Kier alpha value is -2.50. The van der Waals surface area contributed by atoms with Gasteiger partial charge in [0.1, 0.15) is 5.82 Å². The van der Waals surface area contributed by atoms with Crippen LogP contribution in [0.25, 0.3) is 22.4 Å². The number of piperidine rings is 1. The van der Waals surface area contributed by atoms with Gasteiger partial charge in [-0.2, -0.15) is 0 Å². The first-order valence-corrected chi connectivity index (χ1v) is 14.4. The predicted molar refractivity (Wildman–Crippen MR) is 155 cm³/mol. The van der Waals surface area contributed by atoms with Crippen molar-refractivity contribution in [3.63, 3.8) is 0 Å². The number of ketones is 1. The number of nitrogens with zero attached hydrogens (tertiary/aromatic N) is 4. The lowest BCUT2D eigenvalue weighted by molar-refractivity contribution is 0.101. The van der Waals surface area contributed by atoms with E-state index in [9.17, 15) is 4.79 Å². The van der Waals surface area contributed by atoms with Crippen molar-refractivity contribution >= 4 is 16.8 Å². The van der Waals surface area contributed by atoms with Gasteiger partial charge < -0.3 is 9.47 Å². The van der Waals surface area contributed by atoms with E-state index in [0.29, 0.717) is 11.8 Å². The summed E-state index contributed by atoms with van der Waals surface area (Å²) in [6.45, 7) is 18.6. The van der Waals surface area contributed by atoms with Crippen molar-refractivity contribution in [2.45, 2.75) is 73.4 Å². The van der Waals surface area contributed by atoms with Gasteiger partial charge in [0.2, 0.25) is 0 Å². The molecule has 2 heterocycles. The molecule has 0 amide bonds. The number of carbonyl (C=O) groups excluding carboxylic acids is 1. The molecule has 1 saturated heterocycles. The summed E-state index contributed by atoms with van der Waals surface area (Å²) in [5.74, 6) is 2.39. The Morgan fingerprint density at radius 2 is 1.59 bits per heavy atom. The zero-order valence-corrected chi connectivity index (χ0v) is 23.7. The van der Waals surface area contributed by atoms with Crippen LogP contribution in [-0.2, 0) is 13.1 Å². The van der Waals surface area contributed by atoms with Gasteiger partial charge in [-0.1, -0.05) is 64.4 Å². The van der Waals surface area contributed by atoms with Gasteiger partial charge in [-0.05, 0) is 75.4 Å². The Kier molecular flexibility index (Phi) is 9.55. The number of aryl methyl sites for hydroxylation is 1. The Labute approximate surface area is 223 Å². The summed E-state index contributed by atoms with van der Waals surface area (Å²) in [4.78, 5) is 22.1. The van der Waals surface area contributed by atoms with Crippen molar-refractivity contribution in [3.05, 3.63) is 53.6 Å². The predicted octanol–water partition coefficient (Wildman–Crippen LogP) is 6.90. The molecule has 0 radical (unpaired) electrons. The second kappa shape index (κ2) is 12.8. The number of fused-ring (bicyclic) bond motifs is 1. The minimum absolute atomic E-state index is 0.0959. The normalized spacial score (nSPS) is 14.9. The summed E-state index contributed by atoms with van der Waals surface area (Å²) >= 11 is 0. The van der Waals surface area contributed by atoms with Crippen molar-refractivity contribution in [1.82, 2.24) is 19.4 Å². The first-order valence-electron chi connectivity index (χ1n) is 14.4. The molecule has 0 saturated carbocycles. The van der Waals surface area contributed by atoms with Crippen LogP contribution in [0.5, 0.6) is 0 Å². The lowest BCUT2D eigenvalue weighted by Gasteiger charge is -2.26. The highest BCUT2D eigenvalue weighted by atomic mass is 16.1. The molecule has 1 aliphatic heterocycles. The molecule has 200 valence electrons. The lowest BCUT2D eigenvalue weighted by atomic mass is 10.1. The van der Waals surface area contributed by atoms with E-state index < -0.39 is 0 Å². The largest absolute Gasteiger partial charge is 0.324 e. The van der Waals surface area contributed by atoms with Gasteiger partial charge in [0.25, 0.3) is 0 Å². The maximum absolute atomic E-state index is 11.8. The van der Waals surface area contributed by atoms with Crippen LogP contribution >= 0.6 is 0 Å². The summed E-state index contributed by atoms with van der Waals surface area (Å²) in [5.41, 5.74) is 5.43. The molecule has 37 heavy (non-hydrogen) atoms. The molecule has 5 nitrogen and oxygen atoms in total. The van der Waals surface area contributed by atoms with Crippen molar-refractivity contribution in [1.29, 1.82) is 0 Å². The minimum Gasteiger partial charge on any atom is -0.324 e. The minimum atomic E-state index is 0.0959. The standard InChI is InChI=1S/C32H46N4O/c1-24(2)21-35(22-25(3)4)23-27-10-15-30-31(20-27)36(19-9-18-34-16-7-6-8-17-34)32(33-30)29-13-11-28(12-14-29)26(5)37/h10-15,20,24-25H,6-9,16-19,21-23H2,1-5H3. The average Bonchev–Trinajstić information content (AvgIpc) is 3.22. The highest BCUT2D eigenvalue weighted by Crippen LogP contribution is 2.27. The Bertz CT molecular complexity index is 1150. The fourth-order valence-electron chi connectivity index (χ4n) is 5.70. The number of carbonyl (C=O) groups is 1. The van der Waals surface area contributed by atoms with Crippen molar-refractivity contribution in [3.8, 4) is 11.4 Å². The van der Waals surface area contributed by atoms with E-state index in [1.165, 1.54) is 43.4 Å². The topological polar surface area (TPSA) is 41.4 Å². The van der Waals surface area contributed by atoms with Crippen molar-refractivity contribution in [2.75, 3.05) is 32.7 Å². The molecule has 1 aromatic heterocycles. The molecule has 0 N–H and O–H groups in total. The summed E-state index contributed by atoms with van der Waals surface area (Å²) in [5, 5.41) is 0. The van der Waals surface area contributed by atoms with Crippen LogP contribution in [-0.4, -0.2) is 57.9 Å². The third-order valence-corrected chi connectivity index (χ3v) is 7.32. The summed E-state index contributed by atoms with van der Waals surface area (Å²) in [6.07, 6.45) is 5.14. The zero-order chi connectivity index (χ0) is 26.4. The maximum atomic E-state index is 11.8. The third-order valence-electron chi connectivity index (χ3n) is 7.32. The summed E-state index contributed by atoms with van der Waals surface area (Å²) in [6, 6.07) is 14.8. The quantitative estimate of drug-likeness (QED) is 0.253. The summed E-state index contributed by atoms with van der Waals surface area (Å²) < 4.78 is 2.42. The van der Waals surface area contributed by atoms with E-state index in [0.717, 1.165) is 61.6 Å². The van der Waals surface area contributed by atoms with Gasteiger partial charge in [0.15, 0.2) is 5.78 Å². The van der Waals surface area contributed by atoms with E-state index in [-0.39, 0.29) is 5.78 Å². The van der Waals surface area contributed by atoms with Gasteiger partial charge in [-0.15, -0.1) is 0 Å². The fraction of sp³-hybridized carbons (Fsp3) is 0.562. The molecule has 1 fully saturated rings. The van der Waals surface area contributed by atoms with Crippen molar-refractivity contribution in [2.24, 2.45) is 11.8 Å². The highest BCUT2D eigenvalue weighted by molar-refractivity contribution is 5.94. The van der Waals surface area contributed by atoms with E-state index in [1.54, 1.807) is 6.92 Å². The number of imidazole rings is 1. The van der Waals surface area contributed by atoms with Crippen molar-refractivity contribution < 1.29 is 4.79 Å². The molecule has 5 heteroatoms. The van der Waals surface area contributed by atoms with E-state index in [4.69, 9.17) is 4.98 Å². The highest BCUT2D eigenvalue weighted by Gasteiger charge is 2.17. The Morgan fingerprint density at radius 3 is 2.22 bits per heavy atom. The lowest BCUT2D eigenvalue weighted by Crippen LogP contribution is -2.31. The van der Waals surface area contributed by atoms with E-state index >= 15 is 0 Å². The van der Waals surface area contributed by atoms with Crippen LogP contribution in [0, 0.1) is 11.8 Å². The van der Waals surface area contributed by atoms with Gasteiger partial charge in [-0.25, -0.2) is 4.98 Å². The van der Waals surface area contributed by atoms with Crippen LogP contribution in [0.1, 0.15) is 76.2 Å². The number of hydrogen-bond acceptors (Lipinski definition) is 4. The second-order valence-corrected chi connectivity index (χ2v) is 11.8. The number of rotatable bonds is 12. The molecule has 0 atom stereocenters. The number of hydrogen-bond donors (Lipinski definition) is 0. The first-order chi connectivity index (χ1) is 17.8. The summed E-state index contributed by atoms with van der Waals surface area (Å²) in [7, 11) is 0. The number of aromatic nitrogens is 2. The van der Waals surface area contributed by atoms with Gasteiger partial charge in [-0.3, -0.25) is 9.69 Å². The van der Waals surface area contributed by atoms with Crippen LogP contribution < -0.4 is 0 Å². The molecule has 0 spiro atoms. The molecular weight excluding hydrogens is 456 g/mol. The third kappa shape index (κ3) is 7.52. The Morgan fingerprint density at radius 1 is 0.919 bits per heavy atom. The Balaban J connectivity index is 1.64. The zero-order valence-electron chi connectivity index (χ0n) is 23.7. The van der Waals surface area contributed by atoms with Crippen LogP contribution in [0.2, 0.25) is 0 Å². The van der Waals surface area contributed by atoms with Crippen LogP contribution in [0.3, 0.4) is 0 Å². The molecule has 0 unspecified atom stereocenters. The van der Waals surface area contributed by atoms with Crippen LogP contribution in [0.4, 0.5) is 0 Å². The SMILES string of the molecule is CC(=O)c1ccc(-c2nc3ccc(CN(CC(C)C)CC(C)C)cc3n2CCCN2CCCCC2)cc1. The molecule has 0 bridgehead atoms. The van der Waals surface area contributed by atoms with Crippen LogP contribution in [0.15, 0.2) is 42.5 Å². The fourth-order valence-corrected chi connectivity index (χ4v) is 5.70. The van der Waals surface area contributed by atoms with E-state index in [1.807, 2.05) is 24.3 Å². The number of likely N-dealkylation sites (tertiary alicyclic amines) is 1. The first kappa shape index (κ1) is 27.5. The smallest absolute Gasteiger partial charge is 0.159 e. The molecular formula is C32H46N4O. The molecule has 1 aliphatic rings. The molecule has 2 aromatic carbocycles. The van der Waals surface area contributed by atoms with Gasteiger partial charge in [0.05, 0.1) is 11.0 Å². The maximum Gasteiger partial charge on any atom is 0.159 e. The number of Topliss-reactive ketones (excluding diaryl/α,β-unsaturated/α-hetero) is 1. The molecule has 0 aliphatic carbocycles. The number of benzene rings is 2. The monoisotopic (exact) mass is 502 g/mol. The van der Waals surface area contributed by atoms with E-state index in [2.05, 4.69) is 60.3 Å². The van der Waals surface area contributed by atoms with Gasteiger partial charge in [0, 0.05) is 37.3 Å². The second-order valence-electron chi connectivity index (χ2n) is 11.8. The molecule has 4 rings (SSSR count). The average molecular weight is 503 g/mol. The van der Waals surface area contributed by atoms with Gasteiger partial charge >= 0.3 is 0 Å². The molecule has 3 aromatic rings.